The molecule has 2 fully saturated rings. The van der Waals surface area contributed by atoms with Crippen molar-refractivity contribution in [3.63, 3.8) is 0 Å². The Morgan fingerprint density at radius 2 is 2.05 bits per heavy atom. The van der Waals surface area contributed by atoms with E-state index in [1.54, 1.807) is 6.20 Å². The molecule has 1 aliphatic heterocycles. The van der Waals surface area contributed by atoms with Gasteiger partial charge in [0, 0.05) is 13.1 Å². The number of fused-ring (bicyclic) bond motifs is 1. The van der Waals surface area contributed by atoms with E-state index in [9.17, 15) is 4.79 Å². The van der Waals surface area contributed by atoms with Crippen molar-refractivity contribution < 1.29 is 0 Å². The van der Waals surface area contributed by atoms with E-state index >= 15 is 0 Å². The molecule has 0 unspecified atom stereocenters. The van der Waals surface area contributed by atoms with E-state index in [0.717, 1.165) is 13.1 Å². The van der Waals surface area contributed by atoms with Crippen molar-refractivity contribution in [2.45, 2.75) is 52.0 Å². The molecule has 0 radical (unpaired) electrons. The fraction of sp³-hybridized carbons (Fsp3) is 0.688. The summed E-state index contributed by atoms with van der Waals surface area (Å²) in [4.78, 5) is 22.3. The molecule has 2 aromatic heterocycles. The quantitative estimate of drug-likeness (QED) is 0.877. The molecule has 1 saturated heterocycles. The molecule has 0 aromatic carbocycles. The van der Waals surface area contributed by atoms with Crippen molar-refractivity contribution in [2.24, 2.45) is 5.41 Å². The van der Waals surface area contributed by atoms with Crippen molar-refractivity contribution in [1.29, 1.82) is 0 Å². The van der Waals surface area contributed by atoms with Crippen molar-refractivity contribution in [3.05, 3.63) is 16.6 Å². The van der Waals surface area contributed by atoms with Gasteiger partial charge in [-0.2, -0.15) is 10.1 Å². The number of rotatable bonds is 1. The normalized spacial score (nSPS) is 20.8. The number of anilines is 1. The third-order valence-electron chi connectivity index (χ3n) is 4.98. The zero-order valence-electron chi connectivity index (χ0n) is 13.5. The Hall–Kier alpha value is -1.85. The van der Waals surface area contributed by atoms with Crippen LogP contribution in [-0.2, 0) is 5.54 Å². The number of aromatic nitrogens is 4. The molecule has 1 spiro atoms. The van der Waals surface area contributed by atoms with E-state index in [4.69, 9.17) is 4.98 Å². The summed E-state index contributed by atoms with van der Waals surface area (Å²) in [6.45, 7) is 8.21. The summed E-state index contributed by atoms with van der Waals surface area (Å²) < 4.78 is 1.85. The topological polar surface area (TPSA) is 66.8 Å². The molecule has 0 atom stereocenters. The molecule has 118 valence electrons. The molecule has 0 bridgehead atoms. The van der Waals surface area contributed by atoms with Crippen LogP contribution in [0.1, 0.15) is 46.5 Å². The first-order valence-electron chi connectivity index (χ1n) is 8.12. The predicted octanol–water partition coefficient (Wildman–Crippen LogP) is 2.25. The average Bonchev–Trinajstić information content (AvgIpc) is 3.02. The Labute approximate surface area is 129 Å². The smallest absolute Gasteiger partial charge is 0.263 e. The lowest BCUT2D eigenvalue weighted by Gasteiger charge is -2.33. The zero-order valence-corrected chi connectivity index (χ0v) is 13.5. The van der Waals surface area contributed by atoms with Gasteiger partial charge in [0.25, 0.3) is 5.56 Å². The van der Waals surface area contributed by atoms with Crippen LogP contribution in [0.15, 0.2) is 11.0 Å². The van der Waals surface area contributed by atoms with Crippen LogP contribution in [0, 0.1) is 5.41 Å². The average molecular weight is 301 g/mol. The molecule has 6 nitrogen and oxygen atoms in total. The van der Waals surface area contributed by atoms with E-state index in [-0.39, 0.29) is 11.1 Å². The highest BCUT2D eigenvalue weighted by Crippen LogP contribution is 2.52. The SMILES string of the molecule is CC(C)(C)n1ncc2c(=O)[nH]c(N3CCCC4(CC4)C3)nc21. The molecule has 1 saturated carbocycles. The number of piperidine rings is 1. The van der Waals surface area contributed by atoms with Crippen LogP contribution in [-0.4, -0.2) is 32.8 Å². The van der Waals surface area contributed by atoms with Crippen molar-refractivity contribution in [3.8, 4) is 0 Å². The molecule has 6 heteroatoms. The first kappa shape index (κ1) is 13.8. The Balaban J connectivity index is 1.80. The maximum atomic E-state index is 12.4. The first-order valence-corrected chi connectivity index (χ1v) is 8.12. The number of hydrogen-bond acceptors (Lipinski definition) is 4. The predicted molar refractivity (Wildman–Crippen MR) is 86.3 cm³/mol. The molecule has 2 aromatic rings. The van der Waals surface area contributed by atoms with Gasteiger partial charge in [-0.1, -0.05) is 0 Å². The molecule has 1 N–H and O–H groups in total. The molecule has 22 heavy (non-hydrogen) atoms. The van der Waals surface area contributed by atoms with Gasteiger partial charge >= 0.3 is 0 Å². The highest BCUT2D eigenvalue weighted by molar-refractivity contribution is 5.74. The summed E-state index contributed by atoms with van der Waals surface area (Å²) in [6, 6.07) is 0. The largest absolute Gasteiger partial charge is 0.342 e. The Morgan fingerprint density at radius 3 is 2.73 bits per heavy atom. The van der Waals surface area contributed by atoms with Gasteiger partial charge in [-0.15, -0.1) is 0 Å². The molecule has 3 heterocycles. The van der Waals surface area contributed by atoms with Gasteiger partial charge in [0.05, 0.1) is 11.7 Å². The highest BCUT2D eigenvalue weighted by atomic mass is 16.1. The van der Waals surface area contributed by atoms with Crippen LogP contribution in [0.25, 0.3) is 11.0 Å². The third-order valence-corrected chi connectivity index (χ3v) is 4.98. The molecular formula is C16H23N5O. The fourth-order valence-electron chi connectivity index (χ4n) is 3.52. The molecule has 1 aliphatic carbocycles. The van der Waals surface area contributed by atoms with Gasteiger partial charge in [-0.05, 0) is 51.9 Å². The summed E-state index contributed by atoms with van der Waals surface area (Å²) in [5, 5.41) is 4.94. The highest BCUT2D eigenvalue weighted by Gasteiger charge is 2.45. The zero-order chi connectivity index (χ0) is 15.5. The second-order valence-corrected chi connectivity index (χ2v) is 7.88. The van der Waals surface area contributed by atoms with Crippen molar-refractivity contribution >= 4 is 17.0 Å². The number of H-pyrrole nitrogens is 1. The number of aromatic amines is 1. The van der Waals surface area contributed by atoms with Gasteiger partial charge < -0.3 is 4.90 Å². The van der Waals surface area contributed by atoms with Gasteiger partial charge in [0.15, 0.2) is 5.65 Å². The lowest BCUT2D eigenvalue weighted by atomic mass is 9.95. The van der Waals surface area contributed by atoms with E-state index in [2.05, 4.69) is 35.8 Å². The van der Waals surface area contributed by atoms with Crippen molar-refractivity contribution in [1.82, 2.24) is 19.7 Å². The van der Waals surface area contributed by atoms with Crippen molar-refractivity contribution in [2.75, 3.05) is 18.0 Å². The minimum Gasteiger partial charge on any atom is -0.342 e. The van der Waals surface area contributed by atoms with Crippen LogP contribution in [0.5, 0.6) is 0 Å². The number of nitrogens with one attached hydrogen (secondary N) is 1. The number of nitrogens with zero attached hydrogens (tertiary/aromatic N) is 4. The van der Waals surface area contributed by atoms with Gasteiger partial charge in [-0.3, -0.25) is 9.78 Å². The van der Waals surface area contributed by atoms with E-state index < -0.39 is 0 Å². The van der Waals surface area contributed by atoms with Crippen LogP contribution < -0.4 is 10.5 Å². The van der Waals surface area contributed by atoms with Gasteiger partial charge in [0.2, 0.25) is 5.95 Å². The molecule has 0 amide bonds. The van der Waals surface area contributed by atoms with Crippen LogP contribution in [0.3, 0.4) is 0 Å². The second kappa shape index (κ2) is 4.33. The minimum atomic E-state index is -0.195. The molecule has 4 rings (SSSR count). The maximum Gasteiger partial charge on any atom is 0.263 e. The number of hydrogen-bond donors (Lipinski definition) is 1. The summed E-state index contributed by atoms with van der Waals surface area (Å²) in [6.07, 6.45) is 6.75. The Kier molecular flexibility index (Phi) is 2.72. The summed E-state index contributed by atoms with van der Waals surface area (Å²) in [5.41, 5.74) is 0.891. The summed E-state index contributed by atoms with van der Waals surface area (Å²) >= 11 is 0. The fourth-order valence-corrected chi connectivity index (χ4v) is 3.52. The lowest BCUT2D eigenvalue weighted by Crippen LogP contribution is -2.38. The van der Waals surface area contributed by atoms with Gasteiger partial charge in [-0.25, -0.2) is 4.68 Å². The second-order valence-electron chi connectivity index (χ2n) is 7.88. The summed E-state index contributed by atoms with van der Waals surface area (Å²) in [5.74, 6) is 0.703. The van der Waals surface area contributed by atoms with E-state index in [1.807, 2.05) is 4.68 Å². The Bertz CT molecular complexity index is 778. The monoisotopic (exact) mass is 301 g/mol. The van der Waals surface area contributed by atoms with Crippen LogP contribution in [0.4, 0.5) is 5.95 Å². The Morgan fingerprint density at radius 1 is 1.27 bits per heavy atom. The molecular weight excluding hydrogens is 278 g/mol. The standard InChI is InChI=1S/C16H23N5O/c1-15(2,3)21-12-11(9-17-21)13(22)19-14(18-12)20-8-4-5-16(10-20)6-7-16/h9H,4-8,10H2,1-3H3,(H,18,19,22). The summed E-state index contributed by atoms with van der Waals surface area (Å²) in [7, 11) is 0. The van der Waals surface area contributed by atoms with Crippen LogP contribution in [0.2, 0.25) is 0 Å². The van der Waals surface area contributed by atoms with Crippen LogP contribution >= 0.6 is 0 Å². The first-order chi connectivity index (χ1) is 10.4. The van der Waals surface area contributed by atoms with E-state index in [1.165, 1.54) is 25.7 Å². The lowest BCUT2D eigenvalue weighted by molar-refractivity contribution is 0.365. The third kappa shape index (κ3) is 2.12. The minimum absolute atomic E-state index is 0.0917. The maximum absolute atomic E-state index is 12.4. The van der Waals surface area contributed by atoms with E-state index in [0.29, 0.717) is 22.4 Å². The van der Waals surface area contributed by atoms with Gasteiger partial charge in [0.1, 0.15) is 5.39 Å². The molecule has 2 aliphatic rings.